The van der Waals surface area contributed by atoms with Crippen molar-refractivity contribution in [3.05, 3.63) is 67.9 Å². The van der Waals surface area contributed by atoms with Crippen LogP contribution in [0.25, 0.3) is 0 Å². The summed E-state index contributed by atoms with van der Waals surface area (Å²) >= 11 is 14.1. The molecule has 0 unspecified atom stereocenters. The average Bonchev–Trinajstić information content (AvgIpc) is 2.74. The first-order valence-corrected chi connectivity index (χ1v) is 8.37. The Balaban J connectivity index is 1.90. The van der Waals surface area contributed by atoms with Gasteiger partial charge in [-0.3, -0.25) is 9.59 Å². The molecule has 0 aromatic heterocycles. The predicted octanol–water partition coefficient (Wildman–Crippen LogP) is 4.38. The summed E-state index contributed by atoms with van der Waals surface area (Å²) < 4.78 is 1.06. The van der Waals surface area contributed by atoms with E-state index in [-0.39, 0.29) is 10.7 Å². The number of imide groups is 1. The standard InChI is InChI=1S/C16H9Cl2IN2O2/c17-9-1-7-12(8-2-9)21-15(22)13(18)14(16(21)23)20-11-5-3-10(19)4-6-11/h1-8,20H. The molecule has 2 aromatic carbocycles. The summed E-state index contributed by atoms with van der Waals surface area (Å²) in [5.41, 5.74) is 1.16. The predicted molar refractivity (Wildman–Crippen MR) is 99.6 cm³/mol. The molecule has 0 aliphatic carbocycles. The molecule has 0 bridgehead atoms. The summed E-state index contributed by atoms with van der Waals surface area (Å²) in [5, 5.41) is 3.30. The zero-order valence-corrected chi connectivity index (χ0v) is 15.2. The Kier molecular flexibility index (Phi) is 4.61. The average molecular weight is 459 g/mol. The number of benzene rings is 2. The molecule has 1 heterocycles. The maximum Gasteiger partial charge on any atom is 0.283 e. The fourth-order valence-corrected chi connectivity index (χ4v) is 2.81. The van der Waals surface area contributed by atoms with Gasteiger partial charge in [0.25, 0.3) is 11.8 Å². The second-order valence-electron chi connectivity index (χ2n) is 4.74. The fraction of sp³-hybridized carbons (Fsp3) is 0. The number of halogens is 3. The topological polar surface area (TPSA) is 49.4 Å². The fourth-order valence-electron chi connectivity index (χ4n) is 2.11. The first kappa shape index (κ1) is 16.3. The van der Waals surface area contributed by atoms with Gasteiger partial charge in [0, 0.05) is 14.3 Å². The minimum atomic E-state index is -0.563. The SMILES string of the molecule is O=C1C(Cl)=C(Nc2ccc(I)cc2)C(=O)N1c1ccc(Cl)cc1. The third-order valence-electron chi connectivity index (χ3n) is 3.23. The Hall–Kier alpha value is -1.57. The smallest absolute Gasteiger partial charge is 0.283 e. The van der Waals surface area contributed by atoms with Crippen LogP contribution in [0.3, 0.4) is 0 Å². The van der Waals surface area contributed by atoms with Crippen LogP contribution in [0.2, 0.25) is 5.02 Å². The van der Waals surface area contributed by atoms with Crippen LogP contribution in [-0.4, -0.2) is 11.8 Å². The molecule has 4 nitrogen and oxygen atoms in total. The molecular formula is C16H9Cl2IN2O2. The molecular weight excluding hydrogens is 450 g/mol. The number of carbonyl (C=O) groups is 2. The maximum atomic E-state index is 12.5. The highest BCUT2D eigenvalue weighted by molar-refractivity contribution is 14.1. The lowest BCUT2D eigenvalue weighted by Crippen LogP contribution is -2.32. The van der Waals surface area contributed by atoms with Gasteiger partial charge in [-0.1, -0.05) is 23.2 Å². The highest BCUT2D eigenvalue weighted by atomic mass is 127. The molecule has 1 N–H and O–H groups in total. The van der Waals surface area contributed by atoms with Crippen molar-refractivity contribution in [3.8, 4) is 0 Å². The molecule has 2 aromatic rings. The van der Waals surface area contributed by atoms with Crippen molar-refractivity contribution in [3.63, 3.8) is 0 Å². The lowest BCUT2D eigenvalue weighted by molar-refractivity contribution is -0.120. The van der Waals surface area contributed by atoms with Gasteiger partial charge in [0.15, 0.2) is 0 Å². The van der Waals surface area contributed by atoms with Crippen LogP contribution in [0, 0.1) is 3.57 Å². The van der Waals surface area contributed by atoms with Crippen LogP contribution < -0.4 is 10.2 Å². The quantitative estimate of drug-likeness (QED) is 0.548. The Bertz CT molecular complexity index is 817. The van der Waals surface area contributed by atoms with Crippen molar-refractivity contribution < 1.29 is 9.59 Å². The zero-order valence-electron chi connectivity index (χ0n) is 11.5. The van der Waals surface area contributed by atoms with E-state index in [1.54, 1.807) is 24.3 Å². The summed E-state index contributed by atoms with van der Waals surface area (Å²) in [6.45, 7) is 0. The van der Waals surface area contributed by atoms with E-state index >= 15 is 0 Å². The van der Waals surface area contributed by atoms with Crippen molar-refractivity contribution >= 4 is 69.0 Å². The van der Waals surface area contributed by atoms with E-state index in [1.165, 1.54) is 0 Å². The zero-order chi connectivity index (χ0) is 16.6. The maximum absolute atomic E-state index is 12.5. The van der Waals surface area contributed by atoms with E-state index < -0.39 is 11.8 Å². The highest BCUT2D eigenvalue weighted by Gasteiger charge is 2.38. The monoisotopic (exact) mass is 458 g/mol. The van der Waals surface area contributed by atoms with E-state index in [9.17, 15) is 9.59 Å². The molecule has 1 aliphatic heterocycles. The first-order chi connectivity index (χ1) is 11.0. The van der Waals surface area contributed by atoms with Crippen molar-refractivity contribution in [1.29, 1.82) is 0 Å². The van der Waals surface area contributed by atoms with Gasteiger partial charge in [-0.15, -0.1) is 0 Å². The number of rotatable bonds is 3. The van der Waals surface area contributed by atoms with E-state index in [0.717, 1.165) is 8.47 Å². The van der Waals surface area contributed by atoms with Gasteiger partial charge in [0.1, 0.15) is 10.7 Å². The number of hydrogen-bond acceptors (Lipinski definition) is 3. The number of amides is 2. The minimum Gasteiger partial charge on any atom is -0.350 e. The van der Waals surface area contributed by atoms with Crippen LogP contribution in [0.4, 0.5) is 11.4 Å². The summed E-state index contributed by atoms with van der Waals surface area (Å²) in [6, 6.07) is 13.8. The second kappa shape index (κ2) is 6.51. The number of nitrogens with one attached hydrogen (secondary N) is 1. The van der Waals surface area contributed by atoms with Crippen LogP contribution in [0.15, 0.2) is 59.3 Å². The number of hydrogen-bond donors (Lipinski definition) is 1. The Labute approximate surface area is 156 Å². The third kappa shape index (κ3) is 3.22. The molecule has 116 valence electrons. The van der Waals surface area contributed by atoms with Crippen molar-refractivity contribution in [2.24, 2.45) is 0 Å². The van der Waals surface area contributed by atoms with Crippen LogP contribution >= 0.6 is 45.8 Å². The molecule has 0 fully saturated rings. The van der Waals surface area contributed by atoms with Gasteiger partial charge in [-0.05, 0) is 71.1 Å². The van der Waals surface area contributed by atoms with Crippen LogP contribution in [0.5, 0.6) is 0 Å². The number of nitrogens with zero attached hydrogens (tertiary/aromatic N) is 1. The molecule has 0 atom stereocenters. The van der Waals surface area contributed by atoms with E-state index in [4.69, 9.17) is 23.2 Å². The minimum absolute atomic E-state index is 0.0628. The Morgan fingerprint density at radius 3 is 2.09 bits per heavy atom. The summed E-state index contributed by atoms with van der Waals surface area (Å²) in [4.78, 5) is 25.9. The number of carbonyl (C=O) groups excluding carboxylic acids is 2. The van der Waals surface area contributed by atoms with Gasteiger partial charge in [0.05, 0.1) is 5.69 Å². The van der Waals surface area contributed by atoms with Gasteiger partial charge < -0.3 is 5.32 Å². The molecule has 23 heavy (non-hydrogen) atoms. The lowest BCUT2D eigenvalue weighted by atomic mass is 10.3. The molecule has 0 spiro atoms. The largest absolute Gasteiger partial charge is 0.350 e. The summed E-state index contributed by atoms with van der Waals surface area (Å²) in [5.74, 6) is -1.06. The molecule has 0 saturated heterocycles. The molecule has 2 amide bonds. The van der Waals surface area contributed by atoms with Gasteiger partial charge in [-0.25, -0.2) is 4.90 Å². The molecule has 0 radical (unpaired) electrons. The molecule has 3 rings (SSSR count). The summed E-state index contributed by atoms with van der Waals surface area (Å²) in [7, 11) is 0. The van der Waals surface area contributed by atoms with Crippen molar-refractivity contribution in [2.45, 2.75) is 0 Å². The Morgan fingerprint density at radius 1 is 0.870 bits per heavy atom. The molecule has 1 aliphatic rings. The van der Waals surface area contributed by atoms with Gasteiger partial charge in [0.2, 0.25) is 0 Å². The molecule has 0 saturated carbocycles. The van der Waals surface area contributed by atoms with E-state index in [2.05, 4.69) is 27.9 Å². The van der Waals surface area contributed by atoms with E-state index in [0.29, 0.717) is 16.4 Å². The second-order valence-corrected chi connectivity index (χ2v) is 6.80. The molecule has 7 heteroatoms. The third-order valence-corrected chi connectivity index (χ3v) is 4.55. The normalized spacial score (nSPS) is 14.7. The van der Waals surface area contributed by atoms with Crippen molar-refractivity contribution in [1.82, 2.24) is 0 Å². The summed E-state index contributed by atoms with van der Waals surface area (Å²) in [6.07, 6.45) is 0. The first-order valence-electron chi connectivity index (χ1n) is 6.54. The van der Waals surface area contributed by atoms with Crippen LogP contribution in [0.1, 0.15) is 0 Å². The van der Waals surface area contributed by atoms with Gasteiger partial charge in [-0.2, -0.15) is 0 Å². The van der Waals surface area contributed by atoms with Crippen molar-refractivity contribution in [2.75, 3.05) is 10.2 Å². The number of anilines is 2. The lowest BCUT2D eigenvalue weighted by Gasteiger charge is -2.15. The van der Waals surface area contributed by atoms with E-state index in [1.807, 2.05) is 24.3 Å². The Morgan fingerprint density at radius 2 is 1.48 bits per heavy atom. The van der Waals surface area contributed by atoms with Gasteiger partial charge >= 0.3 is 0 Å². The van der Waals surface area contributed by atoms with Crippen LogP contribution in [-0.2, 0) is 9.59 Å². The highest BCUT2D eigenvalue weighted by Crippen LogP contribution is 2.30.